The minimum Gasteiger partial charge on any atom is -0.486 e. The molecule has 1 saturated carbocycles. The molecule has 1 aliphatic heterocycles. The van der Waals surface area contributed by atoms with Crippen LogP contribution in [0, 0.1) is 23.7 Å². The average molecular weight is 358 g/mol. The van der Waals surface area contributed by atoms with Crippen molar-refractivity contribution < 1.29 is 14.3 Å². The number of aryl methyl sites for hydroxylation is 1. The van der Waals surface area contributed by atoms with Crippen molar-refractivity contribution in [2.45, 2.75) is 46.6 Å². The molecule has 0 spiro atoms. The van der Waals surface area contributed by atoms with Crippen molar-refractivity contribution in [2.75, 3.05) is 20.1 Å². The zero-order valence-electron chi connectivity index (χ0n) is 16.5. The quantitative estimate of drug-likeness (QED) is 0.900. The van der Waals surface area contributed by atoms with Crippen LogP contribution in [-0.2, 0) is 9.59 Å². The number of ether oxygens (including phenoxy) is 1. The van der Waals surface area contributed by atoms with Crippen molar-refractivity contribution in [1.82, 2.24) is 10.2 Å². The Morgan fingerprint density at radius 3 is 2.46 bits per heavy atom. The Kier molecular flexibility index (Phi) is 4.76. The number of likely N-dealkylation sites (tertiary alicyclic amines) is 1. The minimum atomic E-state index is -0.516. The summed E-state index contributed by atoms with van der Waals surface area (Å²) in [6.45, 7) is 9.39. The fourth-order valence-corrected chi connectivity index (χ4v) is 4.41. The first-order valence-electron chi connectivity index (χ1n) is 9.44. The minimum absolute atomic E-state index is 0.0379. The van der Waals surface area contributed by atoms with Crippen LogP contribution in [0.1, 0.15) is 39.2 Å². The van der Waals surface area contributed by atoms with E-state index < -0.39 is 5.41 Å². The van der Waals surface area contributed by atoms with E-state index in [1.54, 1.807) is 7.05 Å². The Morgan fingerprint density at radius 1 is 1.19 bits per heavy atom. The molecule has 1 saturated heterocycles. The molecular formula is C21H30N2O3. The molecule has 2 aliphatic rings. The molecule has 1 aromatic rings. The summed E-state index contributed by atoms with van der Waals surface area (Å²) >= 11 is 0. The molecule has 2 fully saturated rings. The number of benzene rings is 1. The monoisotopic (exact) mass is 358 g/mol. The Morgan fingerprint density at radius 2 is 1.85 bits per heavy atom. The maximum atomic E-state index is 13.2. The topological polar surface area (TPSA) is 58.6 Å². The molecule has 0 radical (unpaired) electrons. The number of nitrogens with zero attached hydrogens (tertiary/aromatic N) is 1. The number of hydrogen-bond donors (Lipinski definition) is 1. The van der Waals surface area contributed by atoms with E-state index in [1.807, 2.05) is 43.0 Å². The molecule has 1 aromatic carbocycles. The average Bonchev–Trinajstić information content (AvgIpc) is 2.81. The third kappa shape index (κ3) is 2.87. The molecule has 1 heterocycles. The zero-order chi connectivity index (χ0) is 19.1. The van der Waals surface area contributed by atoms with Gasteiger partial charge in [-0.2, -0.15) is 0 Å². The highest BCUT2D eigenvalue weighted by molar-refractivity contribution is 5.87. The van der Waals surface area contributed by atoms with Gasteiger partial charge in [-0.15, -0.1) is 0 Å². The van der Waals surface area contributed by atoms with Crippen molar-refractivity contribution in [3.8, 4) is 5.75 Å². The third-order valence-electron chi connectivity index (χ3n) is 6.78. The van der Waals surface area contributed by atoms with E-state index in [1.165, 1.54) is 0 Å². The lowest BCUT2D eigenvalue weighted by Crippen LogP contribution is -2.61. The number of hydrogen-bond acceptors (Lipinski definition) is 3. The second-order valence-electron chi connectivity index (χ2n) is 8.47. The Hall–Kier alpha value is -2.04. The highest BCUT2D eigenvalue weighted by Gasteiger charge is 2.59. The molecule has 3 rings (SSSR count). The predicted octanol–water partition coefficient (Wildman–Crippen LogP) is 2.77. The van der Waals surface area contributed by atoms with Gasteiger partial charge in [0.15, 0.2) is 0 Å². The first kappa shape index (κ1) is 18.7. The van der Waals surface area contributed by atoms with Gasteiger partial charge in [-0.05, 0) is 36.8 Å². The lowest BCUT2D eigenvalue weighted by Gasteiger charge is -2.47. The van der Waals surface area contributed by atoms with Crippen LogP contribution in [0.3, 0.4) is 0 Å². The van der Waals surface area contributed by atoms with Crippen molar-refractivity contribution in [2.24, 2.45) is 16.7 Å². The van der Waals surface area contributed by atoms with Gasteiger partial charge in [0, 0.05) is 13.0 Å². The van der Waals surface area contributed by atoms with E-state index in [0.29, 0.717) is 13.1 Å². The largest absolute Gasteiger partial charge is 0.486 e. The van der Waals surface area contributed by atoms with Gasteiger partial charge >= 0.3 is 0 Å². The van der Waals surface area contributed by atoms with E-state index >= 15 is 0 Å². The van der Waals surface area contributed by atoms with Crippen molar-refractivity contribution >= 4 is 11.8 Å². The molecule has 2 atom stereocenters. The molecule has 5 heteroatoms. The van der Waals surface area contributed by atoms with Gasteiger partial charge in [0.05, 0.1) is 18.5 Å². The van der Waals surface area contributed by atoms with Crippen LogP contribution in [0.4, 0.5) is 0 Å². The molecule has 0 unspecified atom stereocenters. The lowest BCUT2D eigenvalue weighted by atomic mass is 9.64. The molecule has 142 valence electrons. The Labute approximate surface area is 156 Å². The Balaban J connectivity index is 1.64. The van der Waals surface area contributed by atoms with Crippen LogP contribution in [0.2, 0.25) is 0 Å². The summed E-state index contributed by atoms with van der Waals surface area (Å²) in [6.07, 6.45) is 1.55. The molecule has 2 amide bonds. The van der Waals surface area contributed by atoms with Gasteiger partial charge in [-0.3, -0.25) is 9.59 Å². The summed E-state index contributed by atoms with van der Waals surface area (Å²) in [7, 11) is 1.67. The first-order chi connectivity index (χ1) is 12.2. The SMILES string of the molecule is CNC(=O)[C@@H]1CC[C@](C)(C(=O)N2CC(Oc3ccccc3C)C2)C1(C)C. The van der Waals surface area contributed by atoms with E-state index in [4.69, 9.17) is 4.74 Å². The smallest absolute Gasteiger partial charge is 0.229 e. The summed E-state index contributed by atoms with van der Waals surface area (Å²) in [4.78, 5) is 27.3. The van der Waals surface area contributed by atoms with E-state index in [-0.39, 0.29) is 29.3 Å². The van der Waals surface area contributed by atoms with Crippen LogP contribution in [0.15, 0.2) is 24.3 Å². The van der Waals surface area contributed by atoms with Crippen LogP contribution in [0.25, 0.3) is 0 Å². The number of carbonyl (C=O) groups excluding carboxylic acids is 2. The number of rotatable bonds is 4. The van der Waals surface area contributed by atoms with Gasteiger partial charge in [0.25, 0.3) is 0 Å². The summed E-state index contributed by atoms with van der Waals surface area (Å²) in [5, 5.41) is 2.75. The van der Waals surface area contributed by atoms with E-state index in [2.05, 4.69) is 19.2 Å². The number of amides is 2. The highest BCUT2D eigenvalue weighted by atomic mass is 16.5. The summed E-state index contributed by atoms with van der Waals surface area (Å²) in [6, 6.07) is 7.95. The number of carbonyl (C=O) groups is 2. The predicted molar refractivity (Wildman–Crippen MR) is 101 cm³/mol. The fraction of sp³-hybridized carbons (Fsp3) is 0.619. The third-order valence-corrected chi connectivity index (χ3v) is 6.78. The van der Waals surface area contributed by atoms with Crippen LogP contribution in [0.5, 0.6) is 5.75 Å². The van der Waals surface area contributed by atoms with Crippen molar-refractivity contribution in [3.63, 3.8) is 0 Å². The molecule has 26 heavy (non-hydrogen) atoms. The van der Waals surface area contributed by atoms with Gasteiger partial charge in [0.2, 0.25) is 11.8 Å². The van der Waals surface area contributed by atoms with Gasteiger partial charge in [0.1, 0.15) is 11.9 Å². The molecular weight excluding hydrogens is 328 g/mol. The highest BCUT2D eigenvalue weighted by Crippen LogP contribution is 2.57. The molecule has 0 aromatic heterocycles. The standard InChI is InChI=1S/C21H30N2O3/c1-14-8-6-7-9-17(14)26-15-12-23(13-15)19(25)21(4)11-10-16(18(24)22-5)20(21,2)3/h6-9,15-16H,10-13H2,1-5H3,(H,22,24)/t16-,21+/m0/s1. The second-order valence-corrected chi connectivity index (χ2v) is 8.47. The summed E-state index contributed by atoms with van der Waals surface area (Å²) in [5.41, 5.74) is 0.221. The van der Waals surface area contributed by atoms with E-state index in [0.717, 1.165) is 24.2 Å². The number of nitrogens with one attached hydrogen (secondary N) is 1. The molecule has 1 aliphatic carbocycles. The summed E-state index contributed by atoms with van der Waals surface area (Å²) in [5.74, 6) is 0.952. The fourth-order valence-electron chi connectivity index (χ4n) is 4.41. The van der Waals surface area contributed by atoms with Gasteiger partial charge in [-0.25, -0.2) is 0 Å². The maximum Gasteiger partial charge on any atom is 0.229 e. The normalized spacial score (nSPS) is 27.7. The van der Waals surface area contributed by atoms with E-state index in [9.17, 15) is 9.59 Å². The van der Waals surface area contributed by atoms with Gasteiger partial charge in [-0.1, -0.05) is 39.0 Å². The van der Waals surface area contributed by atoms with Gasteiger partial charge < -0.3 is 15.0 Å². The molecule has 0 bridgehead atoms. The molecule has 5 nitrogen and oxygen atoms in total. The summed E-state index contributed by atoms with van der Waals surface area (Å²) < 4.78 is 6.03. The van der Waals surface area contributed by atoms with Crippen LogP contribution < -0.4 is 10.1 Å². The zero-order valence-corrected chi connectivity index (χ0v) is 16.5. The molecule has 1 N–H and O–H groups in total. The number of para-hydroxylation sites is 1. The second kappa shape index (κ2) is 6.60. The lowest BCUT2D eigenvalue weighted by molar-refractivity contribution is -0.157. The van der Waals surface area contributed by atoms with Crippen molar-refractivity contribution in [3.05, 3.63) is 29.8 Å². The Bertz CT molecular complexity index is 709. The van der Waals surface area contributed by atoms with Crippen LogP contribution in [-0.4, -0.2) is 43.0 Å². The first-order valence-corrected chi connectivity index (χ1v) is 9.44. The maximum absolute atomic E-state index is 13.2. The van der Waals surface area contributed by atoms with Crippen molar-refractivity contribution in [1.29, 1.82) is 0 Å². The van der Waals surface area contributed by atoms with Crippen LogP contribution >= 0.6 is 0 Å².